The lowest BCUT2D eigenvalue weighted by Gasteiger charge is -2.31. The van der Waals surface area contributed by atoms with Gasteiger partial charge in [-0.1, -0.05) is 23.4 Å². The number of carbonyl (C=O) groups excluding carboxylic acids is 1. The van der Waals surface area contributed by atoms with E-state index in [0.717, 1.165) is 6.07 Å². The Kier molecular flexibility index (Phi) is 7.02. The van der Waals surface area contributed by atoms with Crippen molar-refractivity contribution in [1.82, 2.24) is 24.9 Å². The number of benzene rings is 1. The second-order valence-corrected chi connectivity index (χ2v) is 7.30. The van der Waals surface area contributed by atoms with Crippen LogP contribution >= 0.6 is 12.4 Å². The summed E-state index contributed by atoms with van der Waals surface area (Å²) < 4.78 is 46.9. The average Bonchev–Trinajstić information content (AvgIpc) is 3.25. The summed E-state index contributed by atoms with van der Waals surface area (Å²) >= 11 is 0. The number of piperidine rings is 1. The standard InChI is InChI=1S/C21H20F3N5O2.ClH/c1-14-19(7-4-10-25-14)31-20(30)28-11-8-15(9-12-28)29-13-18(26-27-29)16-5-2-3-6-17(16)21(22,23)24;/h2-7,10,13,15H,8-9,11-12H2,1H3;1H. The Morgan fingerprint density at radius 3 is 2.53 bits per heavy atom. The highest BCUT2D eigenvalue weighted by molar-refractivity contribution is 5.85. The predicted molar refractivity (Wildman–Crippen MR) is 113 cm³/mol. The van der Waals surface area contributed by atoms with Crippen LogP contribution in [0.3, 0.4) is 0 Å². The van der Waals surface area contributed by atoms with Gasteiger partial charge in [-0.2, -0.15) is 13.2 Å². The molecule has 0 radical (unpaired) electrons. The largest absolute Gasteiger partial charge is 0.417 e. The first-order chi connectivity index (χ1) is 14.8. The quantitative estimate of drug-likeness (QED) is 0.546. The molecule has 11 heteroatoms. The van der Waals surface area contributed by atoms with Crippen molar-refractivity contribution in [2.45, 2.75) is 32.0 Å². The van der Waals surface area contributed by atoms with Crippen LogP contribution in [0.25, 0.3) is 11.3 Å². The minimum Gasteiger partial charge on any atom is -0.408 e. The van der Waals surface area contributed by atoms with Crippen molar-refractivity contribution < 1.29 is 22.7 Å². The monoisotopic (exact) mass is 467 g/mol. The van der Waals surface area contributed by atoms with Crippen LogP contribution in [0.1, 0.15) is 30.1 Å². The lowest BCUT2D eigenvalue weighted by Crippen LogP contribution is -2.40. The molecule has 2 aromatic heterocycles. The summed E-state index contributed by atoms with van der Waals surface area (Å²) in [4.78, 5) is 18.1. The first kappa shape index (κ1) is 23.5. The summed E-state index contributed by atoms with van der Waals surface area (Å²) in [7, 11) is 0. The third kappa shape index (κ3) is 5.01. The van der Waals surface area contributed by atoms with Crippen molar-refractivity contribution in [2.75, 3.05) is 13.1 Å². The minimum atomic E-state index is -4.47. The zero-order valence-corrected chi connectivity index (χ0v) is 17.9. The van der Waals surface area contributed by atoms with Gasteiger partial charge >= 0.3 is 12.3 Å². The molecule has 0 atom stereocenters. The molecule has 1 saturated heterocycles. The fourth-order valence-electron chi connectivity index (χ4n) is 3.58. The molecule has 32 heavy (non-hydrogen) atoms. The molecule has 0 saturated carbocycles. The zero-order valence-electron chi connectivity index (χ0n) is 17.1. The molecule has 0 aliphatic carbocycles. The van der Waals surface area contributed by atoms with Gasteiger partial charge in [0.05, 0.1) is 23.5 Å². The molecule has 0 unspecified atom stereocenters. The van der Waals surface area contributed by atoms with E-state index in [1.165, 1.54) is 24.4 Å². The Labute approximate surface area is 188 Å². The average molecular weight is 468 g/mol. The number of likely N-dealkylation sites (tertiary alicyclic amines) is 1. The fourth-order valence-corrected chi connectivity index (χ4v) is 3.58. The van der Waals surface area contributed by atoms with E-state index in [0.29, 0.717) is 37.4 Å². The molecule has 0 N–H and O–H groups in total. The molecule has 1 aromatic carbocycles. The highest BCUT2D eigenvalue weighted by Gasteiger charge is 2.34. The lowest BCUT2D eigenvalue weighted by molar-refractivity contribution is -0.137. The third-order valence-corrected chi connectivity index (χ3v) is 5.27. The van der Waals surface area contributed by atoms with Crippen molar-refractivity contribution in [3.8, 4) is 17.0 Å². The summed E-state index contributed by atoms with van der Waals surface area (Å²) in [6, 6.07) is 8.61. The minimum absolute atomic E-state index is 0. The van der Waals surface area contributed by atoms with Crippen LogP contribution in [-0.2, 0) is 6.18 Å². The number of halogens is 4. The summed E-state index contributed by atoms with van der Waals surface area (Å²) in [5, 5.41) is 8.00. The SMILES string of the molecule is Cc1ncccc1OC(=O)N1CCC(n2cc(-c3ccccc3C(F)(F)F)nn2)CC1.Cl. The second kappa shape index (κ2) is 9.56. The number of rotatable bonds is 3. The molecule has 1 amide bonds. The Morgan fingerprint density at radius 2 is 1.84 bits per heavy atom. The number of hydrogen-bond acceptors (Lipinski definition) is 5. The molecular formula is C21H21ClF3N5O2. The van der Waals surface area contributed by atoms with E-state index in [-0.39, 0.29) is 29.7 Å². The first-order valence-electron chi connectivity index (χ1n) is 9.80. The van der Waals surface area contributed by atoms with Gasteiger partial charge in [-0.15, -0.1) is 17.5 Å². The van der Waals surface area contributed by atoms with Gasteiger partial charge in [0.25, 0.3) is 0 Å². The van der Waals surface area contributed by atoms with E-state index < -0.39 is 17.8 Å². The topological polar surface area (TPSA) is 73.1 Å². The maximum atomic E-state index is 13.3. The number of amides is 1. The molecule has 0 bridgehead atoms. The summed E-state index contributed by atoms with van der Waals surface area (Å²) in [6.07, 6.45) is -0.596. The van der Waals surface area contributed by atoms with Crippen LogP contribution in [0.4, 0.5) is 18.0 Å². The molecule has 0 spiro atoms. The number of hydrogen-bond donors (Lipinski definition) is 0. The number of aryl methyl sites for hydroxylation is 1. The summed E-state index contributed by atoms with van der Waals surface area (Å²) in [6.45, 7) is 2.64. The molecule has 7 nitrogen and oxygen atoms in total. The van der Waals surface area contributed by atoms with E-state index in [1.807, 2.05) is 0 Å². The number of pyridine rings is 1. The smallest absolute Gasteiger partial charge is 0.408 e. The Balaban J connectivity index is 0.00000289. The Morgan fingerprint density at radius 1 is 1.12 bits per heavy atom. The van der Waals surface area contributed by atoms with Crippen LogP contribution < -0.4 is 4.74 Å². The maximum Gasteiger partial charge on any atom is 0.417 e. The van der Waals surface area contributed by atoms with Gasteiger partial charge in [-0.25, -0.2) is 9.48 Å². The lowest BCUT2D eigenvalue weighted by atomic mass is 10.0. The van der Waals surface area contributed by atoms with Gasteiger partial charge in [0.2, 0.25) is 0 Å². The van der Waals surface area contributed by atoms with Gasteiger partial charge in [0.15, 0.2) is 5.75 Å². The van der Waals surface area contributed by atoms with Crippen LogP contribution in [0.5, 0.6) is 5.75 Å². The van der Waals surface area contributed by atoms with E-state index in [2.05, 4.69) is 15.3 Å². The van der Waals surface area contributed by atoms with Crippen molar-refractivity contribution in [1.29, 1.82) is 0 Å². The number of aromatic nitrogens is 4. The maximum absolute atomic E-state index is 13.3. The number of carbonyl (C=O) groups is 1. The molecule has 1 aliphatic heterocycles. The van der Waals surface area contributed by atoms with Gasteiger partial charge in [0, 0.05) is 24.8 Å². The van der Waals surface area contributed by atoms with Crippen LogP contribution in [0, 0.1) is 6.92 Å². The van der Waals surface area contributed by atoms with Gasteiger partial charge in [-0.05, 0) is 38.0 Å². The van der Waals surface area contributed by atoms with E-state index in [9.17, 15) is 18.0 Å². The van der Waals surface area contributed by atoms with Crippen LogP contribution in [0.15, 0.2) is 48.8 Å². The van der Waals surface area contributed by atoms with E-state index in [4.69, 9.17) is 4.74 Å². The zero-order chi connectivity index (χ0) is 22.0. The van der Waals surface area contributed by atoms with Crippen molar-refractivity contribution in [3.63, 3.8) is 0 Å². The summed E-state index contributed by atoms with van der Waals surface area (Å²) in [5.74, 6) is 0.416. The normalized spacial score (nSPS) is 14.7. The molecule has 3 aromatic rings. The van der Waals surface area contributed by atoms with Gasteiger partial charge in [0.1, 0.15) is 5.69 Å². The molecule has 1 aliphatic rings. The highest BCUT2D eigenvalue weighted by Crippen LogP contribution is 2.36. The number of ether oxygens (including phenoxy) is 1. The first-order valence-corrected chi connectivity index (χ1v) is 9.80. The molecule has 4 rings (SSSR count). The number of alkyl halides is 3. The van der Waals surface area contributed by atoms with Crippen molar-refractivity contribution in [3.05, 3.63) is 60.0 Å². The van der Waals surface area contributed by atoms with Crippen molar-refractivity contribution in [2.24, 2.45) is 0 Å². The third-order valence-electron chi connectivity index (χ3n) is 5.27. The van der Waals surface area contributed by atoms with E-state index in [1.54, 1.807) is 34.8 Å². The van der Waals surface area contributed by atoms with Crippen LogP contribution in [0.2, 0.25) is 0 Å². The van der Waals surface area contributed by atoms with E-state index >= 15 is 0 Å². The molecule has 1 fully saturated rings. The molecular weight excluding hydrogens is 447 g/mol. The van der Waals surface area contributed by atoms with Gasteiger partial charge in [-0.3, -0.25) is 4.98 Å². The predicted octanol–water partition coefficient (Wildman–Crippen LogP) is 4.93. The number of nitrogens with zero attached hydrogens (tertiary/aromatic N) is 5. The molecule has 3 heterocycles. The highest BCUT2D eigenvalue weighted by atomic mass is 35.5. The second-order valence-electron chi connectivity index (χ2n) is 7.30. The Hall–Kier alpha value is -3.14. The van der Waals surface area contributed by atoms with Crippen molar-refractivity contribution >= 4 is 18.5 Å². The van der Waals surface area contributed by atoms with Gasteiger partial charge < -0.3 is 9.64 Å². The van der Waals surface area contributed by atoms with Crippen LogP contribution in [-0.4, -0.2) is 44.1 Å². The Bertz CT molecular complexity index is 1080. The fraction of sp³-hybridized carbons (Fsp3) is 0.333. The summed E-state index contributed by atoms with van der Waals surface area (Å²) in [5.41, 5.74) is 0.0428. The molecule has 170 valence electrons.